The highest BCUT2D eigenvalue weighted by Gasteiger charge is 2.35. The summed E-state index contributed by atoms with van der Waals surface area (Å²) < 4.78 is 11.8. The van der Waals surface area contributed by atoms with Crippen LogP contribution in [0.3, 0.4) is 0 Å². The van der Waals surface area contributed by atoms with Crippen LogP contribution in [0.1, 0.15) is 44.6 Å². The van der Waals surface area contributed by atoms with Gasteiger partial charge in [0.05, 0.1) is 23.4 Å². The predicted molar refractivity (Wildman–Crippen MR) is 146 cm³/mol. The molecule has 3 aromatic rings. The van der Waals surface area contributed by atoms with E-state index < -0.39 is 5.60 Å². The summed E-state index contributed by atoms with van der Waals surface area (Å²) in [6.45, 7) is 9.98. The van der Waals surface area contributed by atoms with Crippen molar-refractivity contribution in [3.05, 3.63) is 34.7 Å². The van der Waals surface area contributed by atoms with E-state index in [1.54, 1.807) is 23.3 Å². The molecular weight excluding hydrogens is 496 g/mol. The normalized spacial score (nSPS) is 15.7. The number of nitrogens with one attached hydrogen (secondary N) is 2. The van der Waals surface area contributed by atoms with E-state index in [0.29, 0.717) is 39.1 Å². The maximum absolute atomic E-state index is 12.9. The molecule has 0 spiro atoms. The number of nitrogens with zero attached hydrogens (tertiary/aromatic N) is 2. The standard InChI is InChI=1S/C26H34N4O4S2/c1-16-14-17-20(15-30(16)25(32)34-26(2,3)4)36-24(29-21(31)10-11-27-12-13-33-5)22(17)23-28-18-8-6-7-9-19(18)35-23/h6-9,16,27H,10-15H2,1-5H3,(H,29,31). The first kappa shape index (κ1) is 26.5. The van der Waals surface area contributed by atoms with E-state index in [1.165, 1.54) is 11.3 Å². The van der Waals surface area contributed by atoms with Gasteiger partial charge in [0.15, 0.2) is 0 Å². The molecule has 1 aromatic carbocycles. The molecule has 0 aliphatic carbocycles. The van der Waals surface area contributed by atoms with E-state index >= 15 is 0 Å². The molecule has 0 bridgehead atoms. The second kappa shape index (κ2) is 11.2. The zero-order valence-corrected chi connectivity index (χ0v) is 23.1. The molecule has 36 heavy (non-hydrogen) atoms. The number of amides is 2. The number of thiophene rings is 1. The van der Waals surface area contributed by atoms with Gasteiger partial charge in [0.1, 0.15) is 15.6 Å². The van der Waals surface area contributed by atoms with E-state index in [-0.39, 0.29) is 18.0 Å². The van der Waals surface area contributed by atoms with Gasteiger partial charge in [-0.05, 0) is 51.8 Å². The van der Waals surface area contributed by atoms with Gasteiger partial charge in [0, 0.05) is 43.1 Å². The molecule has 1 aliphatic heterocycles. The van der Waals surface area contributed by atoms with Crippen LogP contribution in [0.2, 0.25) is 0 Å². The van der Waals surface area contributed by atoms with Gasteiger partial charge in [-0.15, -0.1) is 22.7 Å². The molecular formula is C26H34N4O4S2. The lowest BCUT2D eigenvalue weighted by molar-refractivity contribution is -0.116. The molecule has 2 N–H and O–H groups in total. The number of rotatable bonds is 8. The lowest BCUT2D eigenvalue weighted by Crippen LogP contribution is -2.44. The number of thiazole rings is 1. The van der Waals surface area contributed by atoms with Crippen molar-refractivity contribution < 1.29 is 19.1 Å². The molecule has 4 rings (SSSR count). The third kappa shape index (κ3) is 6.23. The summed E-state index contributed by atoms with van der Waals surface area (Å²) in [5.41, 5.74) is 2.51. The Morgan fingerprint density at radius 2 is 1.97 bits per heavy atom. The molecule has 0 radical (unpaired) electrons. The summed E-state index contributed by atoms with van der Waals surface area (Å²) in [4.78, 5) is 33.5. The van der Waals surface area contributed by atoms with Gasteiger partial charge in [0.2, 0.25) is 5.91 Å². The topological polar surface area (TPSA) is 92.8 Å². The third-order valence-corrected chi connectivity index (χ3v) is 8.02. The number of carbonyl (C=O) groups is 2. The average Bonchev–Trinajstić information content (AvgIpc) is 3.37. The fraction of sp³-hybridized carbons (Fsp3) is 0.500. The van der Waals surface area contributed by atoms with Crippen LogP contribution in [-0.4, -0.2) is 60.3 Å². The van der Waals surface area contributed by atoms with Crippen LogP contribution >= 0.6 is 22.7 Å². The molecule has 0 saturated carbocycles. The molecule has 1 atom stereocenters. The first-order valence-electron chi connectivity index (χ1n) is 12.2. The number of hydrogen-bond acceptors (Lipinski definition) is 8. The van der Waals surface area contributed by atoms with Crippen molar-refractivity contribution in [1.82, 2.24) is 15.2 Å². The summed E-state index contributed by atoms with van der Waals surface area (Å²) >= 11 is 3.15. The number of carbonyl (C=O) groups excluding carboxylic acids is 2. The minimum Gasteiger partial charge on any atom is -0.444 e. The molecule has 8 nitrogen and oxygen atoms in total. The largest absolute Gasteiger partial charge is 0.444 e. The van der Waals surface area contributed by atoms with Gasteiger partial charge in [-0.2, -0.15) is 0 Å². The van der Waals surface area contributed by atoms with Crippen molar-refractivity contribution in [2.24, 2.45) is 0 Å². The number of aromatic nitrogens is 1. The fourth-order valence-electron chi connectivity index (χ4n) is 4.12. The number of ether oxygens (including phenoxy) is 2. The van der Waals surface area contributed by atoms with E-state index in [2.05, 4.69) is 16.7 Å². The molecule has 3 heterocycles. The Labute approximate surface area is 220 Å². The summed E-state index contributed by atoms with van der Waals surface area (Å²) in [6.07, 6.45) is 0.708. The monoisotopic (exact) mass is 530 g/mol. The van der Waals surface area contributed by atoms with Crippen LogP contribution in [0.5, 0.6) is 0 Å². The number of para-hydroxylation sites is 1. The SMILES string of the molecule is COCCNCCC(=O)Nc1sc2c(c1-c1nc3ccccc3s1)CC(C)N(C(=O)OC(C)(C)C)C2. The molecule has 1 unspecified atom stereocenters. The van der Waals surface area contributed by atoms with E-state index in [4.69, 9.17) is 14.5 Å². The highest BCUT2D eigenvalue weighted by atomic mass is 32.1. The summed E-state index contributed by atoms with van der Waals surface area (Å²) in [5.74, 6) is -0.0575. The maximum atomic E-state index is 12.9. The van der Waals surface area contributed by atoms with Crippen LogP contribution in [0.4, 0.5) is 9.80 Å². The predicted octanol–water partition coefficient (Wildman–Crippen LogP) is 5.27. The van der Waals surface area contributed by atoms with Crippen molar-refractivity contribution in [1.29, 1.82) is 0 Å². The number of hydrogen-bond donors (Lipinski definition) is 2. The Kier molecular flexibility index (Phi) is 8.29. The number of benzene rings is 1. The van der Waals surface area contributed by atoms with Crippen molar-refractivity contribution >= 4 is 49.9 Å². The van der Waals surface area contributed by atoms with Crippen LogP contribution in [0, 0.1) is 0 Å². The van der Waals surface area contributed by atoms with E-state index in [0.717, 1.165) is 36.2 Å². The first-order chi connectivity index (χ1) is 17.2. The van der Waals surface area contributed by atoms with E-state index in [9.17, 15) is 9.59 Å². The maximum Gasteiger partial charge on any atom is 0.410 e. The van der Waals surface area contributed by atoms with Crippen LogP contribution in [0.15, 0.2) is 24.3 Å². The Balaban J connectivity index is 1.63. The smallest absolute Gasteiger partial charge is 0.410 e. The second-order valence-electron chi connectivity index (χ2n) is 9.90. The fourth-order valence-corrected chi connectivity index (χ4v) is 6.48. The lowest BCUT2D eigenvalue weighted by Gasteiger charge is -2.35. The molecule has 0 saturated heterocycles. The van der Waals surface area contributed by atoms with Gasteiger partial charge >= 0.3 is 6.09 Å². The van der Waals surface area contributed by atoms with Crippen molar-refractivity contribution in [2.45, 2.75) is 58.7 Å². The Morgan fingerprint density at radius 1 is 1.19 bits per heavy atom. The van der Waals surface area contributed by atoms with Gasteiger partial charge < -0.3 is 25.0 Å². The summed E-state index contributed by atoms with van der Waals surface area (Å²) in [5, 5.41) is 8.03. The molecule has 194 valence electrons. The molecule has 2 aromatic heterocycles. The number of methoxy groups -OCH3 is 1. The Bertz CT molecular complexity index is 1200. The van der Waals surface area contributed by atoms with Crippen molar-refractivity contribution in [2.75, 3.05) is 32.1 Å². The van der Waals surface area contributed by atoms with Crippen molar-refractivity contribution in [3.63, 3.8) is 0 Å². The molecule has 1 aliphatic rings. The minimum absolute atomic E-state index is 0.0383. The van der Waals surface area contributed by atoms with Gasteiger partial charge in [-0.3, -0.25) is 4.79 Å². The second-order valence-corrected chi connectivity index (χ2v) is 12.0. The quantitative estimate of drug-likeness (QED) is 0.386. The summed E-state index contributed by atoms with van der Waals surface area (Å²) in [6, 6.07) is 8.02. The zero-order valence-electron chi connectivity index (χ0n) is 21.5. The first-order valence-corrected chi connectivity index (χ1v) is 13.8. The Morgan fingerprint density at radius 3 is 2.69 bits per heavy atom. The minimum atomic E-state index is -0.560. The van der Waals surface area contributed by atoms with E-state index in [1.807, 2.05) is 45.9 Å². The van der Waals surface area contributed by atoms with Crippen LogP contribution in [-0.2, 0) is 27.2 Å². The molecule has 0 fully saturated rings. The Hall–Kier alpha value is -2.53. The average molecular weight is 531 g/mol. The van der Waals surface area contributed by atoms with Gasteiger partial charge in [0.25, 0.3) is 0 Å². The zero-order chi connectivity index (χ0) is 25.9. The van der Waals surface area contributed by atoms with Gasteiger partial charge in [-0.1, -0.05) is 12.1 Å². The molecule has 2 amide bonds. The number of anilines is 1. The lowest BCUT2D eigenvalue weighted by atomic mass is 9.97. The third-order valence-electron chi connectivity index (χ3n) is 5.84. The van der Waals surface area contributed by atoms with Gasteiger partial charge in [-0.25, -0.2) is 9.78 Å². The highest BCUT2D eigenvalue weighted by Crippen LogP contribution is 2.46. The highest BCUT2D eigenvalue weighted by molar-refractivity contribution is 7.22. The number of fused-ring (bicyclic) bond motifs is 2. The van der Waals surface area contributed by atoms with Crippen LogP contribution < -0.4 is 10.6 Å². The van der Waals surface area contributed by atoms with Crippen molar-refractivity contribution in [3.8, 4) is 10.6 Å². The molecule has 10 heteroatoms. The summed E-state index contributed by atoms with van der Waals surface area (Å²) in [7, 11) is 1.65. The van der Waals surface area contributed by atoms with Crippen LogP contribution in [0.25, 0.3) is 20.8 Å².